The minimum Gasteiger partial charge on any atom is -0.370 e. The molecular weight excluding hydrogens is 227 g/mol. The predicted octanol–water partition coefficient (Wildman–Crippen LogP) is 3.43. The number of rotatable bonds is 8. The van der Waals surface area contributed by atoms with Gasteiger partial charge in [-0.3, -0.25) is 0 Å². The van der Waals surface area contributed by atoms with Crippen LogP contribution in [0.4, 0.5) is 10.1 Å². The topological polar surface area (TPSA) is 15.3 Å². The molecule has 0 bridgehead atoms. The lowest BCUT2D eigenvalue weighted by Crippen LogP contribution is -2.36. The summed E-state index contributed by atoms with van der Waals surface area (Å²) in [6.45, 7) is 9.25. The fourth-order valence-corrected chi connectivity index (χ4v) is 2.12. The maximum absolute atomic E-state index is 13.2. The van der Waals surface area contributed by atoms with Gasteiger partial charge in [-0.05, 0) is 38.5 Å². The molecule has 18 heavy (non-hydrogen) atoms. The number of anilines is 1. The van der Waals surface area contributed by atoms with Crippen molar-refractivity contribution < 1.29 is 4.39 Å². The van der Waals surface area contributed by atoms with Crippen molar-refractivity contribution in [3.63, 3.8) is 0 Å². The van der Waals surface area contributed by atoms with Gasteiger partial charge in [0.05, 0.1) is 0 Å². The predicted molar refractivity (Wildman–Crippen MR) is 76.7 cm³/mol. The number of likely N-dealkylation sites (N-methyl/N-ethyl adjacent to an activating group) is 1. The van der Waals surface area contributed by atoms with Gasteiger partial charge in [0.25, 0.3) is 0 Å². The number of hydrogen-bond donors (Lipinski definition) is 1. The van der Waals surface area contributed by atoms with E-state index in [1.54, 1.807) is 12.1 Å². The van der Waals surface area contributed by atoms with Crippen LogP contribution in [0.15, 0.2) is 24.3 Å². The molecule has 0 fully saturated rings. The van der Waals surface area contributed by atoms with Crippen molar-refractivity contribution in [2.45, 2.75) is 39.7 Å². The summed E-state index contributed by atoms with van der Waals surface area (Å²) >= 11 is 0. The summed E-state index contributed by atoms with van der Waals surface area (Å²) in [7, 11) is 0. The van der Waals surface area contributed by atoms with Crippen LogP contribution in [-0.4, -0.2) is 25.7 Å². The van der Waals surface area contributed by atoms with E-state index >= 15 is 0 Å². The van der Waals surface area contributed by atoms with E-state index in [2.05, 4.69) is 31.0 Å². The van der Waals surface area contributed by atoms with Gasteiger partial charge in [-0.15, -0.1) is 0 Å². The normalized spacial score (nSPS) is 12.4. The Morgan fingerprint density at radius 2 is 2.11 bits per heavy atom. The first-order valence-electron chi connectivity index (χ1n) is 6.91. The Labute approximate surface area is 110 Å². The lowest BCUT2D eigenvalue weighted by atomic mass is 10.2. The van der Waals surface area contributed by atoms with Crippen molar-refractivity contribution in [3.8, 4) is 0 Å². The summed E-state index contributed by atoms with van der Waals surface area (Å²) in [4.78, 5) is 2.19. The average Bonchev–Trinajstić information content (AvgIpc) is 2.35. The molecular formula is C15H25FN2. The van der Waals surface area contributed by atoms with Gasteiger partial charge in [0.15, 0.2) is 0 Å². The third kappa shape index (κ3) is 5.05. The first-order valence-corrected chi connectivity index (χ1v) is 6.91. The highest BCUT2D eigenvalue weighted by atomic mass is 19.1. The van der Waals surface area contributed by atoms with Gasteiger partial charge in [-0.2, -0.15) is 0 Å². The molecule has 1 aromatic rings. The first kappa shape index (κ1) is 15.0. The molecule has 0 saturated carbocycles. The molecule has 0 spiro atoms. The van der Waals surface area contributed by atoms with Gasteiger partial charge in [0.2, 0.25) is 0 Å². The summed E-state index contributed by atoms with van der Waals surface area (Å²) in [5.74, 6) is -0.168. The van der Waals surface area contributed by atoms with Crippen LogP contribution in [0, 0.1) is 5.82 Å². The largest absolute Gasteiger partial charge is 0.370 e. The van der Waals surface area contributed by atoms with Crippen LogP contribution >= 0.6 is 0 Å². The highest BCUT2D eigenvalue weighted by molar-refractivity contribution is 5.46. The van der Waals surface area contributed by atoms with E-state index in [0.29, 0.717) is 6.04 Å². The number of hydrogen-bond acceptors (Lipinski definition) is 2. The quantitative estimate of drug-likeness (QED) is 0.762. The van der Waals surface area contributed by atoms with Crippen LogP contribution in [0.3, 0.4) is 0 Å². The Balaban J connectivity index is 2.43. The third-order valence-corrected chi connectivity index (χ3v) is 3.15. The van der Waals surface area contributed by atoms with E-state index in [0.717, 1.165) is 25.3 Å². The maximum Gasteiger partial charge on any atom is 0.125 e. The number of nitrogens with one attached hydrogen (secondary N) is 1. The minimum absolute atomic E-state index is 0.168. The van der Waals surface area contributed by atoms with Crippen molar-refractivity contribution in [1.82, 2.24) is 5.32 Å². The monoisotopic (exact) mass is 252 g/mol. The molecule has 0 aliphatic heterocycles. The number of benzene rings is 1. The van der Waals surface area contributed by atoms with Crippen LogP contribution in [0.25, 0.3) is 0 Å². The van der Waals surface area contributed by atoms with E-state index in [-0.39, 0.29) is 5.82 Å². The second-order valence-electron chi connectivity index (χ2n) is 4.70. The summed E-state index contributed by atoms with van der Waals surface area (Å²) in [5, 5.41) is 3.50. The van der Waals surface area contributed by atoms with Crippen LogP contribution < -0.4 is 10.2 Å². The molecule has 102 valence electrons. The molecule has 1 unspecified atom stereocenters. The first-order chi connectivity index (χ1) is 8.67. The number of nitrogens with zero attached hydrogens (tertiary/aromatic N) is 1. The Kier molecular flexibility index (Phi) is 6.73. The molecule has 1 aromatic carbocycles. The molecule has 0 radical (unpaired) electrons. The Morgan fingerprint density at radius 1 is 1.33 bits per heavy atom. The SMILES string of the molecule is CCCC(C)NCCN(CC)c1cccc(F)c1. The van der Waals surface area contributed by atoms with Gasteiger partial charge in [0.1, 0.15) is 5.82 Å². The number of halogens is 1. The van der Waals surface area contributed by atoms with Crippen LogP contribution in [0.2, 0.25) is 0 Å². The molecule has 1 rings (SSSR count). The average molecular weight is 252 g/mol. The maximum atomic E-state index is 13.2. The molecule has 0 amide bonds. The highest BCUT2D eigenvalue weighted by Crippen LogP contribution is 2.14. The summed E-state index contributed by atoms with van der Waals surface area (Å²) < 4.78 is 13.2. The van der Waals surface area contributed by atoms with Crippen molar-refractivity contribution in [3.05, 3.63) is 30.1 Å². The standard InChI is InChI=1S/C15H25FN2/c1-4-7-13(3)17-10-11-18(5-2)15-9-6-8-14(16)12-15/h6,8-9,12-13,17H,4-5,7,10-11H2,1-3H3. The third-order valence-electron chi connectivity index (χ3n) is 3.15. The zero-order chi connectivity index (χ0) is 13.4. The van der Waals surface area contributed by atoms with E-state index in [1.807, 2.05) is 6.07 Å². The molecule has 0 aromatic heterocycles. The van der Waals surface area contributed by atoms with Crippen LogP contribution in [0.1, 0.15) is 33.6 Å². The fraction of sp³-hybridized carbons (Fsp3) is 0.600. The van der Waals surface area contributed by atoms with Crippen LogP contribution in [-0.2, 0) is 0 Å². The smallest absolute Gasteiger partial charge is 0.125 e. The van der Waals surface area contributed by atoms with Crippen molar-refractivity contribution in [1.29, 1.82) is 0 Å². The molecule has 1 atom stereocenters. The molecule has 1 N–H and O–H groups in total. The van der Waals surface area contributed by atoms with E-state index in [4.69, 9.17) is 0 Å². The molecule has 3 heteroatoms. The molecule has 0 aliphatic rings. The lowest BCUT2D eigenvalue weighted by Gasteiger charge is -2.24. The molecule has 0 saturated heterocycles. The van der Waals surface area contributed by atoms with Crippen molar-refractivity contribution in [2.75, 3.05) is 24.5 Å². The van der Waals surface area contributed by atoms with Gasteiger partial charge in [-0.25, -0.2) is 4.39 Å². The Hall–Kier alpha value is -1.09. The highest BCUT2D eigenvalue weighted by Gasteiger charge is 2.06. The van der Waals surface area contributed by atoms with E-state index in [1.165, 1.54) is 18.9 Å². The van der Waals surface area contributed by atoms with Gasteiger partial charge < -0.3 is 10.2 Å². The van der Waals surface area contributed by atoms with Crippen LogP contribution in [0.5, 0.6) is 0 Å². The Bertz CT molecular complexity index is 341. The zero-order valence-corrected chi connectivity index (χ0v) is 11.7. The van der Waals surface area contributed by atoms with E-state index < -0.39 is 0 Å². The van der Waals surface area contributed by atoms with Gasteiger partial charge in [-0.1, -0.05) is 19.4 Å². The zero-order valence-electron chi connectivity index (χ0n) is 11.7. The molecule has 0 aliphatic carbocycles. The lowest BCUT2D eigenvalue weighted by molar-refractivity contribution is 0.510. The van der Waals surface area contributed by atoms with Crippen molar-refractivity contribution in [2.24, 2.45) is 0 Å². The van der Waals surface area contributed by atoms with E-state index in [9.17, 15) is 4.39 Å². The molecule has 2 nitrogen and oxygen atoms in total. The summed E-state index contributed by atoms with van der Waals surface area (Å²) in [6.07, 6.45) is 2.40. The van der Waals surface area contributed by atoms with Crippen molar-refractivity contribution >= 4 is 5.69 Å². The second-order valence-corrected chi connectivity index (χ2v) is 4.70. The van der Waals surface area contributed by atoms with Gasteiger partial charge in [0, 0.05) is 31.4 Å². The fourth-order valence-electron chi connectivity index (χ4n) is 2.12. The Morgan fingerprint density at radius 3 is 2.72 bits per heavy atom. The summed E-state index contributed by atoms with van der Waals surface area (Å²) in [6, 6.07) is 7.36. The minimum atomic E-state index is -0.168. The van der Waals surface area contributed by atoms with Gasteiger partial charge >= 0.3 is 0 Å². The second kappa shape index (κ2) is 8.09. The molecule has 0 heterocycles. The summed E-state index contributed by atoms with van der Waals surface area (Å²) in [5.41, 5.74) is 0.961.